The Morgan fingerprint density at radius 2 is 2.29 bits per heavy atom. The maximum absolute atomic E-state index is 9.09. The minimum atomic E-state index is 0.436. The van der Waals surface area contributed by atoms with Gasteiger partial charge in [-0.1, -0.05) is 12.5 Å². The zero-order chi connectivity index (χ0) is 12.1. The molecule has 0 amide bonds. The Morgan fingerprint density at radius 1 is 1.41 bits per heavy atom. The molecule has 0 spiro atoms. The quantitative estimate of drug-likeness (QED) is 0.818. The molecule has 0 saturated carbocycles. The molecule has 1 aromatic rings. The van der Waals surface area contributed by atoms with Gasteiger partial charge in [-0.25, -0.2) is 0 Å². The summed E-state index contributed by atoms with van der Waals surface area (Å²) in [5, 5.41) is 16.0. The van der Waals surface area contributed by atoms with E-state index in [0.29, 0.717) is 6.04 Å². The largest absolute Gasteiger partial charge is 0.380 e. The van der Waals surface area contributed by atoms with E-state index < -0.39 is 0 Å². The first-order valence-corrected chi connectivity index (χ1v) is 6.27. The Kier molecular flexibility index (Phi) is 4.00. The molecule has 1 saturated heterocycles. The Bertz CT molecular complexity index is 412. The van der Waals surface area contributed by atoms with Crippen molar-refractivity contribution in [1.29, 1.82) is 5.26 Å². The van der Waals surface area contributed by atoms with E-state index in [0.717, 1.165) is 24.3 Å². The van der Waals surface area contributed by atoms with E-state index in [9.17, 15) is 0 Å². The second-order valence-electron chi connectivity index (χ2n) is 4.70. The molecule has 0 radical (unpaired) electrons. The third-order valence-electron chi connectivity index (χ3n) is 3.20. The number of aryl methyl sites for hydroxylation is 1. The second kappa shape index (κ2) is 5.70. The second-order valence-corrected chi connectivity index (χ2v) is 4.70. The zero-order valence-electron chi connectivity index (χ0n) is 10.3. The summed E-state index contributed by atoms with van der Waals surface area (Å²) in [6, 6.07) is 8.61. The van der Waals surface area contributed by atoms with Crippen molar-refractivity contribution in [2.24, 2.45) is 0 Å². The van der Waals surface area contributed by atoms with Crippen molar-refractivity contribution in [3.05, 3.63) is 29.3 Å². The first-order chi connectivity index (χ1) is 8.29. The third kappa shape index (κ3) is 3.21. The Balaban J connectivity index is 2.11. The predicted molar refractivity (Wildman–Crippen MR) is 70.0 cm³/mol. The summed E-state index contributed by atoms with van der Waals surface area (Å²) < 4.78 is 0. The van der Waals surface area contributed by atoms with Crippen molar-refractivity contribution in [2.75, 3.05) is 18.4 Å². The lowest BCUT2D eigenvalue weighted by Crippen LogP contribution is -2.31. The molecule has 1 aliphatic rings. The minimum Gasteiger partial charge on any atom is -0.380 e. The molecular weight excluding hydrogens is 210 g/mol. The van der Waals surface area contributed by atoms with E-state index in [2.05, 4.69) is 29.7 Å². The number of benzene rings is 1. The summed E-state index contributed by atoms with van der Waals surface area (Å²) in [4.78, 5) is 0. The van der Waals surface area contributed by atoms with Crippen LogP contribution in [0.5, 0.6) is 0 Å². The molecule has 3 heteroatoms. The molecule has 90 valence electrons. The fraction of sp³-hybridized carbons (Fsp3) is 0.500. The van der Waals surface area contributed by atoms with Crippen molar-refractivity contribution < 1.29 is 0 Å². The summed E-state index contributed by atoms with van der Waals surface area (Å²) >= 11 is 0. The van der Waals surface area contributed by atoms with Crippen molar-refractivity contribution in [2.45, 2.75) is 32.2 Å². The molecule has 3 nitrogen and oxygen atoms in total. The van der Waals surface area contributed by atoms with Crippen LogP contribution >= 0.6 is 0 Å². The standard InChI is InChI=1S/C14H19N3/c1-11-5-6-12(9-15)14(8-11)17-13-4-2-3-7-16-10-13/h5-6,8,13,16-17H,2-4,7,10H2,1H3. The lowest BCUT2D eigenvalue weighted by molar-refractivity contribution is 0.636. The zero-order valence-corrected chi connectivity index (χ0v) is 10.3. The average Bonchev–Trinajstić information content (AvgIpc) is 2.58. The number of nitrogens with zero attached hydrogens (tertiary/aromatic N) is 1. The molecule has 1 unspecified atom stereocenters. The first kappa shape index (κ1) is 11.9. The van der Waals surface area contributed by atoms with Gasteiger partial charge < -0.3 is 10.6 Å². The number of hydrogen-bond acceptors (Lipinski definition) is 3. The molecule has 2 rings (SSSR count). The highest BCUT2D eigenvalue weighted by molar-refractivity contribution is 5.59. The summed E-state index contributed by atoms with van der Waals surface area (Å²) in [6.45, 7) is 4.15. The molecule has 17 heavy (non-hydrogen) atoms. The van der Waals surface area contributed by atoms with Gasteiger partial charge in [0.1, 0.15) is 6.07 Å². The number of nitrogens with one attached hydrogen (secondary N) is 2. The average molecular weight is 229 g/mol. The van der Waals surface area contributed by atoms with Crippen LogP contribution in [-0.4, -0.2) is 19.1 Å². The lowest BCUT2D eigenvalue weighted by atomic mass is 10.1. The smallest absolute Gasteiger partial charge is 0.101 e. The van der Waals surface area contributed by atoms with Gasteiger partial charge in [-0.2, -0.15) is 5.26 Å². The van der Waals surface area contributed by atoms with E-state index in [4.69, 9.17) is 5.26 Å². The van der Waals surface area contributed by atoms with Gasteiger partial charge in [-0.15, -0.1) is 0 Å². The van der Waals surface area contributed by atoms with Crippen LogP contribution in [0.3, 0.4) is 0 Å². The van der Waals surface area contributed by atoms with Gasteiger partial charge >= 0.3 is 0 Å². The van der Waals surface area contributed by atoms with Gasteiger partial charge in [-0.05, 0) is 44.0 Å². The van der Waals surface area contributed by atoms with Crippen LogP contribution in [0.15, 0.2) is 18.2 Å². The SMILES string of the molecule is Cc1ccc(C#N)c(NC2CCCCNC2)c1. The maximum atomic E-state index is 9.09. The van der Waals surface area contributed by atoms with Gasteiger partial charge in [0.15, 0.2) is 0 Å². The maximum Gasteiger partial charge on any atom is 0.101 e. The van der Waals surface area contributed by atoms with E-state index >= 15 is 0 Å². The van der Waals surface area contributed by atoms with E-state index in [1.54, 1.807) is 0 Å². The topological polar surface area (TPSA) is 47.9 Å². The van der Waals surface area contributed by atoms with Crippen LogP contribution in [0.25, 0.3) is 0 Å². The van der Waals surface area contributed by atoms with Crippen molar-refractivity contribution in [3.8, 4) is 6.07 Å². The van der Waals surface area contributed by atoms with E-state index in [-0.39, 0.29) is 0 Å². The van der Waals surface area contributed by atoms with Crippen molar-refractivity contribution in [3.63, 3.8) is 0 Å². The molecule has 2 N–H and O–H groups in total. The van der Waals surface area contributed by atoms with Crippen LogP contribution in [0.4, 0.5) is 5.69 Å². The van der Waals surface area contributed by atoms with E-state index in [1.807, 2.05) is 12.1 Å². The minimum absolute atomic E-state index is 0.436. The summed E-state index contributed by atoms with van der Waals surface area (Å²) in [6.07, 6.45) is 3.67. The van der Waals surface area contributed by atoms with Crippen LogP contribution in [0, 0.1) is 18.3 Å². The molecule has 0 bridgehead atoms. The lowest BCUT2D eigenvalue weighted by Gasteiger charge is -2.19. The molecule has 0 aliphatic carbocycles. The number of anilines is 1. The summed E-state index contributed by atoms with van der Waals surface area (Å²) in [5.74, 6) is 0. The van der Waals surface area contributed by atoms with Gasteiger partial charge in [0.2, 0.25) is 0 Å². The molecule has 1 atom stereocenters. The van der Waals surface area contributed by atoms with Crippen LogP contribution in [-0.2, 0) is 0 Å². The summed E-state index contributed by atoms with van der Waals surface area (Å²) in [7, 11) is 0. The highest BCUT2D eigenvalue weighted by Gasteiger charge is 2.13. The molecule has 1 fully saturated rings. The Hall–Kier alpha value is -1.53. The predicted octanol–water partition coefficient (Wildman–Crippen LogP) is 2.42. The number of hydrogen-bond donors (Lipinski definition) is 2. The van der Waals surface area contributed by atoms with E-state index in [1.165, 1.54) is 24.8 Å². The fourth-order valence-corrected chi connectivity index (χ4v) is 2.24. The highest BCUT2D eigenvalue weighted by atomic mass is 15.0. The van der Waals surface area contributed by atoms with Gasteiger partial charge in [0.25, 0.3) is 0 Å². The van der Waals surface area contributed by atoms with Crippen molar-refractivity contribution in [1.82, 2.24) is 5.32 Å². The molecule has 1 heterocycles. The van der Waals surface area contributed by atoms with Crippen LogP contribution in [0.2, 0.25) is 0 Å². The molecular formula is C14H19N3. The summed E-state index contributed by atoms with van der Waals surface area (Å²) in [5.41, 5.74) is 2.90. The molecule has 1 aromatic carbocycles. The number of rotatable bonds is 2. The first-order valence-electron chi connectivity index (χ1n) is 6.27. The van der Waals surface area contributed by atoms with Gasteiger partial charge in [-0.3, -0.25) is 0 Å². The van der Waals surface area contributed by atoms with Crippen molar-refractivity contribution >= 4 is 5.69 Å². The molecule has 0 aromatic heterocycles. The highest BCUT2D eigenvalue weighted by Crippen LogP contribution is 2.19. The normalized spacial score (nSPS) is 20.4. The van der Waals surface area contributed by atoms with Crippen LogP contribution < -0.4 is 10.6 Å². The Morgan fingerprint density at radius 3 is 3.12 bits per heavy atom. The van der Waals surface area contributed by atoms with Gasteiger partial charge in [0.05, 0.1) is 11.3 Å². The third-order valence-corrected chi connectivity index (χ3v) is 3.20. The fourth-order valence-electron chi connectivity index (χ4n) is 2.24. The van der Waals surface area contributed by atoms with Crippen LogP contribution in [0.1, 0.15) is 30.4 Å². The van der Waals surface area contributed by atoms with Gasteiger partial charge in [0, 0.05) is 12.6 Å². The Labute approximate surface area is 103 Å². The molecule has 1 aliphatic heterocycles. The number of nitriles is 1. The monoisotopic (exact) mass is 229 g/mol.